The van der Waals surface area contributed by atoms with Crippen molar-refractivity contribution in [2.75, 3.05) is 17.6 Å². The monoisotopic (exact) mass is 324 g/mol. The normalized spacial score (nSPS) is 12.6. The molecule has 1 aromatic rings. The third-order valence-electron chi connectivity index (χ3n) is 1.80. The fraction of sp³-hybridized carbons (Fsp3) is 0.444. The molecular weight excluding hydrogens is 318 g/mol. The van der Waals surface area contributed by atoms with Crippen LogP contribution in [0.4, 0.5) is 32.2 Å². The van der Waals surface area contributed by atoms with Crippen molar-refractivity contribution in [2.24, 2.45) is 0 Å². The molecule has 2 nitrogen and oxygen atoms in total. The number of hydrogen-bond donors (Lipinski definition) is 1. The van der Waals surface area contributed by atoms with Gasteiger partial charge in [-0.2, -0.15) is 26.3 Å². The minimum Gasteiger partial charge on any atom is -0.369 e. The first kappa shape index (κ1) is 16.2. The number of thioether (sulfide) groups is 1. The van der Waals surface area contributed by atoms with Gasteiger partial charge in [0, 0.05) is 12.3 Å². The highest BCUT2D eigenvalue weighted by molar-refractivity contribution is 8.00. The van der Waals surface area contributed by atoms with Crippen LogP contribution >= 0.6 is 23.4 Å². The molecule has 1 rings (SSSR count). The van der Waals surface area contributed by atoms with Gasteiger partial charge < -0.3 is 5.32 Å². The van der Waals surface area contributed by atoms with Gasteiger partial charge in [0.05, 0.1) is 5.56 Å². The number of halogens is 7. The summed E-state index contributed by atoms with van der Waals surface area (Å²) in [5.74, 6) is -0.568. The van der Waals surface area contributed by atoms with Gasteiger partial charge in [-0.05, 0) is 23.9 Å². The van der Waals surface area contributed by atoms with Crippen molar-refractivity contribution >= 4 is 29.2 Å². The van der Waals surface area contributed by atoms with Crippen LogP contribution < -0.4 is 5.32 Å². The Hall–Kier alpha value is -0.830. The first-order valence-corrected chi connectivity index (χ1v) is 6.13. The Labute approximate surface area is 113 Å². The summed E-state index contributed by atoms with van der Waals surface area (Å²) in [4.78, 5) is 3.55. The first-order chi connectivity index (χ1) is 8.58. The molecule has 19 heavy (non-hydrogen) atoms. The van der Waals surface area contributed by atoms with Crippen molar-refractivity contribution in [3.05, 3.63) is 22.8 Å². The Kier molecular flexibility index (Phi) is 5.19. The zero-order valence-corrected chi connectivity index (χ0v) is 10.6. The van der Waals surface area contributed by atoms with Crippen LogP contribution in [0.1, 0.15) is 5.56 Å². The molecule has 1 aromatic heterocycles. The molecule has 0 saturated heterocycles. The number of rotatable bonds is 4. The van der Waals surface area contributed by atoms with Gasteiger partial charge >= 0.3 is 11.7 Å². The molecule has 1 heterocycles. The highest BCUT2D eigenvalue weighted by atomic mass is 35.5. The van der Waals surface area contributed by atoms with Crippen molar-refractivity contribution in [2.45, 2.75) is 11.7 Å². The lowest BCUT2D eigenvalue weighted by Gasteiger charge is -2.11. The second-order valence-electron chi connectivity index (χ2n) is 3.28. The standard InChI is InChI=1S/C9H7ClF6N2S/c10-6-3-5(8(11,12)13)4-7(18-6)17-1-2-19-9(14,15)16/h3-4H,1-2H2,(H,17,18). The predicted molar refractivity (Wildman–Crippen MR) is 61.3 cm³/mol. The second-order valence-corrected chi connectivity index (χ2v) is 4.83. The quantitative estimate of drug-likeness (QED) is 0.504. The summed E-state index contributed by atoms with van der Waals surface area (Å²) >= 11 is 5.13. The smallest absolute Gasteiger partial charge is 0.369 e. The Bertz CT molecular complexity index is 434. The van der Waals surface area contributed by atoms with Crippen LogP contribution in [-0.4, -0.2) is 22.8 Å². The molecule has 0 aliphatic heterocycles. The lowest BCUT2D eigenvalue weighted by atomic mass is 10.2. The lowest BCUT2D eigenvalue weighted by Crippen LogP contribution is -2.12. The predicted octanol–water partition coefficient (Wildman–Crippen LogP) is 4.42. The molecule has 0 aromatic carbocycles. The van der Waals surface area contributed by atoms with Gasteiger partial charge in [0.2, 0.25) is 0 Å². The van der Waals surface area contributed by atoms with Crippen LogP contribution in [0.25, 0.3) is 0 Å². The molecule has 0 amide bonds. The van der Waals surface area contributed by atoms with E-state index in [0.717, 1.165) is 0 Å². The van der Waals surface area contributed by atoms with Gasteiger partial charge in [-0.15, -0.1) is 0 Å². The van der Waals surface area contributed by atoms with Crippen LogP contribution in [0, 0.1) is 0 Å². The number of aromatic nitrogens is 1. The first-order valence-electron chi connectivity index (χ1n) is 4.77. The maximum absolute atomic E-state index is 12.4. The molecule has 0 atom stereocenters. The molecule has 0 radical (unpaired) electrons. The largest absolute Gasteiger partial charge is 0.441 e. The molecule has 0 aliphatic carbocycles. The maximum atomic E-state index is 12.4. The van der Waals surface area contributed by atoms with Crippen molar-refractivity contribution in [3.63, 3.8) is 0 Å². The SMILES string of the molecule is FC(F)(F)SCCNc1cc(C(F)(F)F)cc(Cl)n1. The Morgan fingerprint density at radius 2 is 1.79 bits per heavy atom. The highest BCUT2D eigenvalue weighted by Crippen LogP contribution is 2.32. The van der Waals surface area contributed by atoms with Crippen LogP contribution in [0.15, 0.2) is 12.1 Å². The van der Waals surface area contributed by atoms with E-state index in [1.165, 1.54) is 0 Å². The molecule has 0 spiro atoms. The fourth-order valence-corrected chi connectivity index (χ4v) is 1.74. The highest BCUT2D eigenvalue weighted by Gasteiger charge is 2.31. The van der Waals surface area contributed by atoms with Gasteiger partial charge in [-0.1, -0.05) is 11.6 Å². The summed E-state index contributed by atoms with van der Waals surface area (Å²) in [6.07, 6.45) is -4.59. The molecule has 0 bridgehead atoms. The van der Waals surface area contributed by atoms with E-state index in [-0.39, 0.29) is 35.0 Å². The molecule has 0 aliphatic rings. The number of alkyl halides is 6. The minimum absolute atomic E-state index is 0.186. The average Bonchev–Trinajstić information content (AvgIpc) is 2.21. The van der Waals surface area contributed by atoms with Crippen molar-refractivity contribution in [1.82, 2.24) is 4.98 Å². The van der Waals surface area contributed by atoms with E-state index in [4.69, 9.17) is 11.6 Å². The number of anilines is 1. The second kappa shape index (κ2) is 6.08. The van der Waals surface area contributed by atoms with E-state index in [0.29, 0.717) is 12.1 Å². The van der Waals surface area contributed by atoms with Gasteiger partial charge in [-0.3, -0.25) is 0 Å². The maximum Gasteiger partial charge on any atom is 0.441 e. The van der Waals surface area contributed by atoms with Crippen LogP contribution in [0.2, 0.25) is 5.15 Å². The Morgan fingerprint density at radius 3 is 2.32 bits per heavy atom. The molecule has 0 saturated carbocycles. The van der Waals surface area contributed by atoms with Gasteiger partial charge in [0.1, 0.15) is 11.0 Å². The topological polar surface area (TPSA) is 24.9 Å². The summed E-state index contributed by atoms with van der Waals surface area (Å²) in [6.45, 7) is -0.186. The number of nitrogens with one attached hydrogen (secondary N) is 1. The fourth-order valence-electron chi connectivity index (χ4n) is 1.10. The third-order valence-corrected chi connectivity index (χ3v) is 2.72. The molecule has 1 N–H and O–H groups in total. The summed E-state index contributed by atoms with van der Waals surface area (Å²) in [5, 5.41) is 1.97. The zero-order chi connectivity index (χ0) is 14.7. The lowest BCUT2D eigenvalue weighted by molar-refractivity contribution is -0.137. The number of pyridine rings is 1. The molecular formula is C9H7ClF6N2S. The van der Waals surface area contributed by atoms with E-state index in [2.05, 4.69) is 10.3 Å². The Balaban J connectivity index is 2.62. The van der Waals surface area contributed by atoms with E-state index < -0.39 is 17.2 Å². The van der Waals surface area contributed by atoms with E-state index in [1.54, 1.807) is 0 Å². The molecule has 0 fully saturated rings. The molecule has 10 heteroatoms. The van der Waals surface area contributed by atoms with Crippen LogP contribution in [0.5, 0.6) is 0 Å². The van der Waals surface area contributed by atoms with Crippen LogP contribution in [0.3, 0.4) is 0 Å². The van der Waals surface area contributed by atoms with Crippen molar-refractivity contribution < 1.29 is 26.3 Å². The van der Waals surface area contributed by atoms with Crippen molar-refractivity contribution in [1.29, 1.82) is 0 Å². The van der Waals surface area contributed by atoms with Gasteiger partial charge in [-0.25, -0.2) is 4.98 Å². The number of hydrogen-bond acceptors (Lipinski definition) is 3. The minimum atomic E-state index is -4.59. The van der Waals surface area contributed by atoms with Gasteiger partial charge in [0.25, 0.3) is 0 Å². The van der Waals surface area contributed by atoms with Crippen LogP contribution in [-0.2, 0) is 6.18 Å². The molecule has 108 valence electrons. The third kappa shape index (κ3) is 6.24. The summed E-state index contributed by atoms with van der Waals surface area (Å²) in [7, 11) is 0. The molecule has 0 unspecified atom stereocenters. The van der Waals surface area contributed by atoms with E-state index >= 15 is 0 Å². The average molecular weight is 325 g/mol. The van der Waals surface area contributed by atoms with E-state index in [1.807, 2.05) is 0 Å². The zero-order valence-electron chi connectivity index (χ0n) is 9.07. The Morgan fingerprint density at radius 1 is 1.16 bits per heavy atom. The summed E-state index contributed by atoms with van der Waals surface area (Å²) in [6, 6.07) is 1.32. The van der Waals surface area contributed by atoms with E-state index in [9.17, 15) is 26.3 Å². The summed E-state index contributed by atoms with van der Waals surface area (Å²) in [5.41, 5.74) is -5.39. The van der Waals surface area contributed by atoms with Gasteiger partial charge in [0.15, 0.2) is 0 Å². The number of nitrogens with zero attached hydrogens (tertiary/aromatic N) is 1. The summed E-state index contributed by atoms with van der Waals surface area (Å²) < 4.78 is 72.7. The van der Waals surface area contributed by atoms with Crippen molar-refractivity contribution in [3.8, 4) is 0 Å².